The molecule has 7 heteroatoms. The lowest BCUT2D eigenvalue weighted by Crippen LogP contribution is -2.38. The molecule has 0 bridgehead atoms. The Labute approximate surface area is 159 Å². The maximum Gasteiger partial charge on any atom is 0.314 e. The van der Waals surface area contributed by atoms with Gasteiger partial charge in [-0.25, -0.2) is 4.79 Å². The van der Waals surface area contributed by atoms with E-state index < -0.39 is 0 Å². The van der Waals surface area contributed by atoms with Crippen LogP contribution in [0.25, 0.3) is 0 Å². The lowest BCUT2D eigenvalue weighted by Gasteiger charge is -2.11. The summed E-state index contributed by atoms with van der Waals surface area (Å²) in [7, 11) is 4.81. The van der Waals surface area contributed by atoms with Crippen LogP contribution >= 0.6 is 0 Å². The quantitative estimate of drug-likeness (QED) is 0.625. The SMILES string of the molecule is COc1ccc(OCCNC(=O)NCCc2ccc(OC)c(OC)c2)cc1. The van der Waals surface area contributed by atoms with E-state index in [2.05, 4.69) is 10.6 Å². The van der Waals surface area contributed by atoms with Gasteiger partial charge in [-0.2, -0.15) is 0 Å². The zero-order valence-electron chi connectivity index (χ0n) is 15.9. The second kappa shape index (κ2) is 10.8. The molecule has 7 nitrogen and oxygen atoms in total. The number of hydrogen-bond acceptors (Lipinski definition) is 5. The van der Waals surface area contributed by atoms with Gasteiger partial charge >= 0.3 is 6.03 Å². The zero-order valence-corrected chi connectivity index (χ0v) is 15.9. The molecule has 0 unspecified atom stereocenters. The minimum absolute atomic E-state index is 0.228. The van der Waals surface area contributed by atoms with Crippen LogP contribution in [-0.4, -0.2) is 47.1 Å². The van der Waals surface area contributed by atoms with Crippen molar-refractivity contribution in [1.29, 1.82) is 0 Å². The summed E-state index contributed by atoms with van der Waals surface area (Å²) < 4.78 is 21.1. The van der Waals surface area contributed by atoms with Crippen LogP contribution in [0.15, 0.2) is 42.5 Å². The zero-order chi connectivity index (χ0) is 19.5. The molecule has 0 aliphatic heterocycles. The van der Waals surface area contributed by atoms with E-state index in [4.69, 9.17) is 18.9 Å². The normalized spacial score (nSPS) is 10.0. The molecule has 2 aromatic carbocycles. The van der Waals surface area contributed by atoms with E-state index in [0.717, 1.165) is 17.1 Å². The van der Waals surface area contributed by atoms with Gasteiger partial charge in [-0.15, -0.1) is 0 Å². The molecule has 2 N–H and O–H groups in total. The highest BCUT2D eigenvalue weighted by Gasteiger charge is 2.05. The Bertz CT molecular complexity index is 719. The molecule has 0 aliphatic rings. The molecule has 0 aromatic heterocycles. The monoisotopic (exact) mass is 374 g/mol. The number of rotatable bonds is 10. The predicted octanol–water partition coefficient (Wildman–Crippen LogP) is 2.63. The third-order valence-electron chi connectivity index (χ3n) is 3.86. The summed E-state index contributed by atoms with van der Waals surface area (Å²) in [4.78, 5) is 11.8. The number of carbonyl (C=O) groups is 1. The van der Waals surface area contributed by atoms with Crippen molar-refractivity contribution in [1.82, 2.24) is 10.6 Å². The van der Waals surface area contributed by atoms with Gasteiger partial charge in [0.1, 0.15) is 18.1 Å². The van der Waals surface area contributed by atoms with Crippen LogP contribution in [-0.2, 0) is 6.42 Å². The van der Waals surface area contributed by atoms with E-state index in [1.807, 2.05) is 42.5 Å². The largest absolute Gasteiger partial charge is 0.497 e. The molecule has 0 saturated heterocycles. The second-order valence-corrected chi connectivity index (χ2v) is 5.65. The summed E-state index contributed by atoms with van der Waals surface area (Å²) in [5.74, 6) is 2.86. The minimum atomic E-state index is -0.228. The Balaban J connectivity index is 1.63. The number of amides is 2. The van der Waals surface area contributed by atoms with Gasteiger partial charge in [0.2, 0.25) is 0 Å². The lowest BCUT2D eigenvalue weighted by atomic mass is 10.1. The smallest absolute Gasteiger partial charge is 0.314 e. The van der Waals surface area contributed by atoms with Gasteiger partial charge in [0, 0.05) is 6.54 Å². The van der Waals surface area contributed by atoms with E-state index >= 15 is 0 Å². The number of ether oxygens (including phenoxy) is 4. The molecule has 0 atom stereocenters. The number of methoxy groups -OCH3 is 3. The Morgan fingerprint density at radius 1 is 0.815 bits per heavy atom. The number of hydrogen-bond donors (Lipinski definition) is 2. The number of carbonyl (C=O) groups excluding carboxylic acids is 1. The van der Waals surface area contributed by atoms with Crippen molar-refractivity contribution in [3.05, 3.63) is 48.0 Å². The van der Waals surface area contributed by atoms with E-state index in [1.54, 1.807) is 21.3 Å². The minimum Gasteiger partial charge on any atom is -0.497 e. The Morgan fingerprint density at radius 2 is 1.48 bits per heavy atom. The van der Waals surface area contributed by atoms with Crippen LogP contribution in [0.3, 0.4) is 0 Å². The molecule has 0 fully saturated rings. The van der Waals surface area contributed by atoms with Gasteiger partial charge in [0.15, 0.2) is 11.5 Å². The molecule has 2 rings (SSSR count). The summed E-state index contributed by atoms with van der Waals surface area (Å²) >= 11 is 0. The first-order chi connectivity index (χ1) is 13.2. The molecule has 2 aromatic rings. The highest BCUT2D eigenvalue weighted by atomic mass is 16.5. The molecule has 0 radical (unpaired) electrons. The fourth-order valence-electron chi connectivity index (χ4n) is 2.42. The van der Waals surface area contributed by atoms with Crippen molar-refractivity contribution >= 4 is 6.03 Å². The van der Waals surface area contributed by atoms with Crippen LogP contribution in [0, 0.1) is 0 Å². The maximum absolute atomic E-state index is 11.8. The van der Waals surface area contributed by atoms with Gasteiger partial charge < -0.3 is 29.6 Å². The molecule has 146 valence electrons. The molecule has 27 heavy (non-hydrogen) atoms. The maximum atomic E-state index is 11.8. The lowest BCUT2D eigenvalue weighted by molar-refractivity contribution is 0.236. The van der Waals surface area contributed by atoms with E-state index in [9.17, 15) is 4.79 Å². The highest BCUT2D eigenvalue weighted by molar-refractivity contribution is 5.73. The van der Waals surface area contributed by atoms with Crippen molar-refractivity contribution in [3.8, 4) is 23.0 Å². The highest BCUT2D eigenvalue weighted by Crippen LogP contribution is 2.27. The van der Waals surface area contributed by atoms with Gasteiger partial charge in [-0.3, -0.25) is 0 Å². The predicted molar refractivity (Wildman–Crippen MR) is 103 cm³/mol. The van der Waals surface area contributed by atoms with Crippen molar-refractivity contribution in [2.75, 3.05) is 41.0 Å². The molecular formula is C20H26N2O5. The van der Waals surface area contributed by atoms with Crippen molar-refractivity contribution in [3.63, 3.8) is 0 Å². The number of benzene rings is 2. The Kier molecular flexibility index (Phi) is 8.09. The van der Waals surface area contributed by atoms with Crippen molar-refractivity contribution < 1.29 is 23.7 Å². The average molecular weight is 374 g/mol. The standard InChI is InChI=1S/C20H26N2O5/c1-24-16-5-7-17(8-6-16)27-13-12-22-20(23)21-11-10-15-4-9-18(25-2)19(14-15)26-3/h4-9,14H,10-13H2,1-3H3,(H2,21,22,23). The van der Waals surface area contributed by atoms with Gasteiger partial charge in [-0.1, -0.05) is 6.07 Å². The Morgan fingerprint density at radius 3 is 2.15 bits per heavy atom. The molecule has 2 amide bonds. The molecule has 0 heterocycles. The molecule has 0 saturated carbocycles. The van der Waals surface area contributed by atoms with Crippen LogP contribution in [0.4, 0.5) is 4.79 Å². The molecule has 0 spiro atoms. The molecular weight excluding hydrogens is 348 g/mol. The van der Waals surface area contributed by atoms with Gasteiger partial charge in [-0.05, 0) is 48.4 Å². The van der Waals surface area contributed by atoms with E-state index in [0.29, 0.717) is 37.6 Å². The first-order valence-corrected chi connectivity index (χ1v) is 8.65. The van der Waals surface area contributed by atoms with Crippen molar-refractivity contribution in [2.45, 2.75) is 6.42 Å². The van der Waals surface area contributed by atoms with Crippen molar-refractivity contribution in [2.24, 2.45) is 0 Å². The fraction of sp³-hybridized carbons (Fsp3) is 0.350. The fourth-order valence-corrected chi connectivity index (χ4v) is 2.42. The summed E-state index contributed by atoms with van der Waals surface area (Å²) in [6.45, 7) is 1.31. The third kappa shape index (κ3) is 6.62. The molecule has 0 aliphatic carbocycles. The first kappa shape index (κ1) is 20.2. The number of nitrogens with one attached hydrogen (secondary N) is 2. The Hall–Kier alpha value is -3.09. The van der Waals surface area contributed by atoms with Crippen LogP contribution in [0.2, 0.25) is 0 Å². The van der Waals surface area contributed by atoms with Gasteiger partial charge in [0.25, 0.3) is 0 Å². The summed E-state index contributed by atoms with van der Waals surface area (Å²) in [6, 6.07) is 12.8. The van der Waals surface area contributed by atoms with Crippen LogP contribution in [0.5, 0.6) is 23.0 Å². The summed E-state index contributed by atoms with van der Waals surface area (Å²) in [5.41, 5.74) is 1.05. The van der Waals surface area contributed by atoms with E-state index in [-0.39, 0.29) is 6.03 Å². The third-order valence-corrected chi connectivity index (χ3v) is 3.86. The first-order valence-electron chi connectivity index (χ1n) is 8.65. The van der Waals surface area contributed by atoms with Crippen LogP contribution in [0.1, 0.15) is 5.56 Å². The number of urea groups is 1. The topological polar surface area (TPSA) is 78.1 Å². The van der Waals surface area contributed by atoms with E-state index in [1.165, 1.54) is 0 Å². The second-order valence-electron chi connectivity index (χ2n) is 5.65. The summed E-state index contributed by atoms with van der Waals surface area (Å²) in [5, 5.41) is 5.57. The summed E-state index contributed by atoms with van der Waals surface area (Å²) in [6.07, 6.45) is 0.691. The van der Waals surface area contributed by atoms with Gasteiger partial charge in [0.05, 0.1) is 27.9 Å². The average Bonchev–Trinajstić information content (AvgIpc) is 2.71. The van der Waals surface area contributed by atoms with Crippen LogP contribution < -0.4 is 29.6 Å².